The van der Waals surface area contributed by atoms with Crippen LogP contribution in [0.5, 0.6) is 0 Å². The normalized spacial score (nSPS) is 32.1. The van der Waals surface area contributed by atoms with Gasteiger partial charge in [-0.25, -0.2) is 0 Å². The predicted molar refractivity (Wildman–Crippen MR) is 46.5 cm³/mol. The molecule has 1 unspecified atom stereocenters. The molecule has 1 heteroatoms. The average Bonchev–Trinajstić information content (AvgIpc) is 1.87. The van der Waals surface area contributed by atoms with E-state index in [0.717, 1.165) is 11.8 Å². The maximum absolute atomic E-state index is 5.86. The molecule has 0 aromatic carbocycles. The van der Waals surface area contributed by atoms with Gasteiger partial charge in [0.1, 0.15) is 0 Å². The zero-order valence-corrected chi connectivity index (χ0v) is 7.75. The van der Waals surface area contributed by atoms with Gasteiger partial charge in [0.25, 0.3) is 0 Å². The summed E-state index contributed by atoms with van der Waals surface area (Å²) in [5.74, 6) is 1.62. The van der Waals surface area contributed by atoms with Crippen LogP contribution in [-0.2, 0) is 0 Å². The van der Waals surface area contributed by atoms with E-state index < -0.39 is 0 Å². The molecule has 1 fully saturated rings. The quantitative estimate of drug-likeness (QED) is 0.516. The Morgan fingerprint density at radius 3 is 2.50 bits per heavy atom. The molecular formula is C9H17Cl. The molecule has 1 aliphatic rings. The third-order valence-corrected chi connectivity index (χ3v) is 3.29. The fraction of sp³-hybridized carbons (Fsp3) is 1.00. The summed E-state index contributed by atoms with van der Waals surface area (Å²) in [6.45, 7) is 4.69. The molecular weight excluding hydrogens is 144 g/mol. The van der Waals surface area contributed by atoms with Crippen molar-refractivity contribution in [2.75, 3.05) is 5.88 Å². The van der Waals surface area contributed by atoms with Crippen molar-refractivity contribution in [1.82, 2.24) is 0 Å². The van der Waals surface area contributed by atoms with Gasteiger partial charge in [0.05, 0.1) is 0 Å². The van der Waals surface area contributed by atoms with Crippen LogP contribution < -0.4 is 0 Å². The van der Waals surface area contributed by atoms with Crippen molar-refractivity contribution in [2.45, 2.75) is 39.5 Å². The van der Waals surface area contributed by atoms with Crippen molar-refractivity contribution in [3.63, 3.8) is 0 Å². The van der Waals surface area contributed by atoms with Gasteiger partial charge in [-0.05, 0) is 24.2 Å². The Morgan fingerprint density at radius 1 is 1.40 bits per heavy atom. The van der Waals surface area contributed by atoms with E-state index in [4.69, 9.17) is 11.6 Å². The molecule has 10 heavy (non-hydrogen) atoms. The second kappa shape index (κ2) is 3.13. The molecule has 0 aromatic heterocycles. The van der Waals surface area contributed by atoms with E-state index in [1.54, 1.807) is 0 Å². The number of rotatable bonds is 1. The predicted octanol–water partition coefficient (Wildman–Crippen LogP) is 3.44. The molecule has 0 bridgehead atoms. The highest BCUT2D eigenvalue weighted by Gasteiger charge is 2.30. The van der Waals surface area contributed by atoms with E-state index in [2.05, 4.69) is 13.8 Å². The first-order valence-electron chi connectivity index (χ1n) is 4.23. The summed E-state index contributed by atoms with van der Waals surface area (Å²) in [6.07, 6.45) is 5.50. The number of halogens is 1. The van der Waals surface area contributed by atoms with E-state index in [1.807, 2.05) is 0 Å². The van der Waals surface area contributed by atoms with Crippen LogP contribution in [0.1, 0.15) is 39.5 Å². The highest BCUT2D eigenvalue weighted by atomic mass is 35.5. The smallest absolute Gasteiger partial charge is 0.0256 e. The summed E-state index contributed by atoms with van der Waals surface area (Å²) in [7, 11) is 0. The van der Waals surface area contributed by atoms with Gasteiger partial charge in [-0.3, -0.25) is 0 Å². The van der Waals surface area contributed by atoms with Crippen molar-refractivity contribution in [1.29, 1.82) is 0 Å². The van der Waals surface area contributed by atoms with Crippen molar-refractivity contribution >= 4 is 11.6 Å². The summed E-state index contributed by atoms with van der Waals surface area (Å²) in [4.78, 5) is 0. The molecule has 0 aliphatic heterocycles. The summed E-state index contributed by atoms with van der Waals surface area (Å²) in [6, 6.07) is 0. The molecule has 0 amide bonds. The SMILES string of the molecule is CC1(C)CCCCC1CCl. The minimum absolute atomic E-state index is 0.514. The molecule has 0 nitrogen and oxygen atoms in total. The van der Waals surface area contributed by atoms with E-state index >= 15 is 0 Å². The molecule has 0 saturated heterocycles. The van der Waals surface area contributed by atoms with Gasteiger partial charge in [0.2, 0.25) is 0 Å². The number of hydrogen-bond acceptors (Lipinski definition) is 0. The Kier molecular flexibility index (Phi) is 2.62. The Balaban J connectivity index is 2.51. The van der Waals surface area contributed by atoms with Gasteiger partial charge in [-0.1, -0.05) is 26.7 Å². The van der Waals surface area contributed by atoms with E-state index in [9.17, 15) is 0 Å². The monoisotopic (exact) mass is 160 g/mol. The second-order valence-electron chi connectivity index (χ2n) is 4.09. The third-order valence-electron chi connectivity index (χ3n) is 2.92. The minimum atomic E-state index is 0.514. The molecule has 1 rings (SSSR count). The maximum Gasteiger partial charge on any atom is 0.0256 e. The zero-order valence-electron chi connectivity index (χ0n) is 6.99. The van der Waals surface area contributed by atoms with Crippen LogP contribution in [0.15, 0.2) is 0 Å². The van der Waals surface area contributed by atoms with Gasteiger partial charge >= 0.3 is 0 Å². The van der Waals surface area contributed by atoms with Crippen LogP contribution >= 0.6 is 11.6 Å². The lowest BCUT2D eigenvalue weighted by Crippen LogP contribution is -2.28. The first-order chi connectivity index (χ1) is 4.67. The van der Waals surface area contributed by atoms with E-state index in [1.165, 1.54) is 25.7 Å². The fourth-order valence-electron chi connectivity index (χ4n) is 1.85. The van der Waals surface area contributed by atoms with Crippen molar-refractivity contribution in [3.05, 3.63) is 0 Å². The topological polar surface area (TPSA) is 0 Å². The van der Waals surface area contributed by atoms with Gasteiger partial charge in [0, 0.05) is 5.88 Å². The first kappa shape index (κ1) is 8.39. The van der Waals surface area contributed by atoms with Gasteiger partial charge in [-0.2, -0.15) is 0 Å². The molecule has 0 aromatic rings. The lowest BCUT2D eigenvalue weighted by Gasteiger charge is -2.37. The summed E-state index contributed by atoms with van der Waals surface area (Å²) in [5, 5.41) is 0. The first-order valence-corrected chi connectivity index (χ1v) is 4.76. The number of hydrogen-bond donors (Lipinski definition) is 0. The maximum atomic E-state index is 5.86. The van der Waals surface area contributed by atoms with Crippen molar-refractivity contribution in [3.8, 4) is 0 Å². The van der Waals surface area contributed by atoms with Crippen LogP contribution in [0.2, 0.25) is 0 Å². The molecule has 1 aliphatic carbocycles. The highest BCUT2D eigenvalue weighted by Crippen LogP contribution is 2.40. The Hall–Kier alpha value is 0.290. The third kappa shape index (κ3) is 1.66. The van der Waals surface area contributed by atoms with Crippen LogP contribution in [0.3, 0.4) is 0 Å². The summed E-state index contributed by atoms with van der Waals surface area (Å²) < 4.78 is 0. The largest absolute Gasteiger partial charge is 0.126 e. The summed E-state index contributed by atoms with van der Waals surface area (Å²) in [5.41, 5.74) is 0.514. The Morgan fingerprint density at radius 2 is 2.10 bits per heavy atom. The van der Waals surface area contributed by atoms with Gasteiger partial charge in [-0.15, -0.1) is 11.6 Å². The lowest BCUT2D eigenvalue weighted by atomic mass is 9.70. The van der Waals surface area contributed by atoms with Crippen LogP contribution in [0, 0.1) is 11.3 Å². The van der Waals surface area contributed by atoms with Crippen molar-refractivity contribution < 1.29 is 0 Å². The zero-order chi connectivity index (χ0) is 7.61. The Bertz CT molecular complexity index is 107. The molecule has 0 spiro atoms. The van der Waals surface area contributed by atoms with Crippen LogP contribution in [0.4, 0.5) is 0 Å². The average molecular weight is 161 g/mol. The lowest BCUT2D eigenvalue weighted by molar-refractivity contribution is 0.157. The molecule has 60 valence electrons. The molecule has 1 atom stereocenters. The summed E-state index contributed by atoms with van der Waals surface area (Å²) >= 11 is 5.86. The number of alkyl halides is 1. The van der Waals surface area contributed by atoms with E-state index in [-0.39, 0.29) is 0 Å². The standard InChI is InChI=1S/C9H17Cl/c1-9(2)6-4-3-5-8(9)7-10/h8H,3-7H2,1-2H3. The van der Waals surface area contributed by atoms with Crippen LogP contribution in [-0.4, -0.2) is 5.88 Å². The van der Waals surface area contributed by atoms with Crippen LogP contribution in [0.25, 0.3) is 0 Å². The highest BCUT2D eigenvalue weighted by molar-refractivity contribution is 6.18. The molecule has 1 saturated carbocycles. The fourth-order valence-corrected chi connectivity index (χ4v) is 2.42. The molecule has 0 radical (unpaired) electrons. The van der Waals surface area contributed by atoms with E-state index in [0.29, 0.717) is 5.41 Å². The Labute approximate surface area is 69.0 Å². The molecule has 0 heterocycles. The molecule has 0 N–H and O–H groups in total. The second-order valence-corrected chi connectivity index (χ2v) is 4.39. The van der Waals surface area contributed by atoms with Crippen molar-refractivity contribution in [2.24, 2.45) is 11.3 Å². The minimum Gasteiger partial charge on any atom is -0.126 e. The van der Waals surface area contributed by atoms with Gasteiger partial charge < -0.3 is 0 Å². The van der Waals surface area contributed by atoms with Gasteiger partial charge in [0.15, 0.2) is 0 Å².